The molecule has 2 rings (SSSR count). The summed E-state index contributed by atoms with van der Waals surface area (Å²) in [6.07, 6.45) is 3.33. The first-order valence-electron chi connectivity index (χ1n) is 6.76. The Hall–Kier alpha value is -2.15. The molecule has 0 radical (unpaired) electrons. The van der Waals surface area contributed by atoms with Gasteiger partial charge < -0.3 is 16.0 Å². The summed E-state index contributed by atoms with van der Waals surface area (Å²) in [5.41, 5.74) is 6.51. The molecule has 0 aliphatic rings. The maximum absolute atomic E-state index is 12.6. The number of thiophene rings is 1. The predicted molar refractivity (Wildman–Crippen MR) is 84.3 cm³/mol. The molecule has 0 saturated carbocycles. The van der Waals surface area contributed by atoms with E-state index in [0.717, 1.165) is 10.1 Å². The largest absolute Gasteiger partial charge is 0.397 e. The van der Waals surface area contributed by atoms with Gasteiger partial charge in [-0.1, -0.05) is 0 Å². The van der Waals surface area contributed by atoms with Crippen molar-refractivity contribution in [1.82, 2.24) is 15.2 Å². The number of nitrogens with two attached hydrogens (primary N) is 1. The van der Waals surface area contributed by atoms with E-state index in [1.54, 1.807) is 18.5 Å². The summed E-state index contributed by atoms with van der Waals surface area (Å²) >= 11 is 1.31. The molecule has 0 spiro atoms. The Morgan fingerprint density at radius 1 is 1.43 bits per heavy atom. The number of rotatable bonds is 5. The molecule has 0 atom stereocenters. The molecule has 112 valence electrons. The van der Waals surface area contributed by atoms with E-state index in [1.165, 1.54) is 16.2 Å². The fraction of sp³-hybridized carbons (Fsp3) is 0.357. The molecule has 0 bridgehead atoms. The molecule has 2 heterocycles. The highest BCUT2D eigenvalue weighted by Crippen LogP contribution is 2.33. The Labute approximate surface area is 127 Å². The van der Waals surface area contributed by atoms with Crippen LogP contribution in [0.1, 0.15) is 23.5 Å². The minimum Gasteiger partial charge on any atom is -0.397 e. The molecule has 0 unspecified atom stereocenters. The van der Waals surface area contributed by atoms with Gasteiger partial charge >= 0.3 is 0 Å². The Balaban J connectivity index is 2.27. The number of amides is 2. The van der Waals surface area contributed by atoms with Crippen molar-refractivity contribution < 1.29 is 9.59 Å². The van der Waals surface area contributed by atoms with Gasteiger partial charge in [0.2, 0.25) is 5.91 Å². The Morgan fingerprint density at radius 3 is 2.81 bits per heavy atom. The van der Waals surface area contributed by atoms with E-state index < -0.39 is 0 Å². The predicted octanol–water partition coefficient (Wildman–Crippen LogP) is 1.48. The number of hydrogen-bond acceptors (Lipinski definition) is 5. The molecule has 0 aliphatic heterocycles. The molecule has 6 nitrogen and oxygen atoms in total. The lowest BCUT2D eigenvalue weighted by atomic mass is 10.2. The van der Waals surface area contributed by atoms with Crippen LogP contribution in [0.2, 0.25) is 0 Å². The molecule has 0 aromatic carbocycles. The van der Waals surface area contributed by atoms with Gasteiger partial charge in [0.05, 0.1) is 16.9 Å². The molecule has 2 amide bonds. The summed E-state index contributed by atoms with van der Waals surface area (Å²) in [4.78, 5) is 30.2. The lowest BCUT2D eigenvalue weighted by Crippen LogP contribution is -2.40. The molecule has 2 aromatic heterocycles. The number of pyridine rings is 1. The standard InChI is InChI=1S/C14H18N4O2S/c1-3-17-11(19)8-18(4-2)14(20)13-12(15)9-5-6-16-7-10(9)21-13/h5-7H,3-4,8,15H2,1-2H3,(H,17,19). The quantitative estimate of drug-likeness (QED) is 0.875. The number of nitrogen functional groups attached to an aromatic ring is 1. The number of nitrogens with one attached hydrogen (secondary N) is 1. The van der Waals surface area contributed by atoms with E-state index in [1.807, 2.05) is 13.8 Å². The van der Waals surface area contributed by atoms with Crippen molar-refractivity contribution in [2.45, 2.75) is 13.8 Å². The fourth-order valence-corrected chi connectivity index (χ4v) is 3.08. The molecule has 7 heteroatoms. The van der Waals surface area contributed by atoms with Gasteiger partial charge in [0.1, 0.15) is 4.88 Å². The van der Waals surface area contributed by atoms with Crippen molar-refractivity contribution >= 4 is 38.9 Å². The van der Waals surface area contributed by atoms with Gasteiger partial charge in [-0.25, -0.2) is 0 Å². The van der Waals surface area contributed by atoms with Crippen molar-refractivity contribution in [3.8, 4) is 0 Å². The monoisotopic (exact) mass is 306 g/mol. The zero-order valence-corrected chi connectivity index (χ0v) is 12.9. The summed E-state index contributed by atoms with van der Waals surface area (Å²) in [7, 11) is 0. The number of anilines is 1. The van der Waals surface area contributed by atoms with Crippen molar-refractivity contribution in [3.05, 3.63) is 23.3 Å². The average molecular weight is 306 g/mol. The van der Waals surface area contributed by atoms with Gasteiger partial charge in [-0.15, -0.1) is 11.3 Å². The van der Waals surface area contributed by atoms with Gasteiger partial charge in [0.25, 0.3) is 5.91 Å². The smallest absolute Gasteiger partial charge is 0.266 e. The zero-order chi connectivity index (χ0) is 15.4. The van der Waals surface area contributed by atoms with Gasteiger partial charge in [-0.05, 0) is 19.9 Å². The van der Waals surface area contributed by atoms with Crippen molar-refractivity contribution in [2.75, 3.05) is 25.4 Å². The van der Waals surface area contributed by atoms with Crippen LogP contribution in [-0.4, -0.2) is 41.3 Å². The summed E-state index contributed by atoms with van der Waals surface area (Å²) in [5.74, 6) is -0.392. The van der Waals surface area contributed by atoms with Crippen LogP contribution in [-0.2, 0) is 4.79 Å². The highest BCUT2D eigenvalue weighted by Gasteiger charge is 2.22. The number of nitrogens with zero attached hydrogens (tertiary/aromatic N) is 2. The Kier molecular flexibility index (Phi) is 4.74. The molecular weight excluding hydrogens is 288 g/mol. The van der Waals surface area contributed by atoms with E-state index in [-0.39, 0.29) is 18.4 Å². The lowest BCUT2D eigenvalue weighted by molar-refractivity contribution is -0.121. The highest BCUT2D eigenvalue weighted by molar-refractivity contribution is 7.21. The summed E-state index contributed by atoms with van der Waals surface area (Å²) in [6, 6.07) is 1.79. The number of carbonyl (C=O) groups excluding carboxylic acids is 2. The first-order valence-corrected chi connectivity index (χ1v) is 7.58. The molecule has 3 N–H and O–H groups in total. The summed E-state index contributed by atoms with van der Waals surface area (Å²) in [6.45, 7) is 4.70. The van der Waals surface area contributed by atoms with Crippen LogP contribution in [0.25, 0.3) is 10.1 Å². The maximum atomic E-state index is 12.6. The summed E-state index contributed by atoms with van der Waals surface area (Å²) < 4.78 is 0.868. The number of likely N-dealkylation sites (N-methyl/N-ethyl adjacent to an activating group) is 2. The SMILES string of the molecule is CCNC(=O)CN(CC)C(=O)c1sc2cnccc2c1N. The minimum absolute atomic E-state index is 0.0368. The third-order valence-electron chi connectivity index (χ3n) is 3.10. The Morgan fingerprint density at radius 2 is 2.19 bits per heavy atom. The topological polar surface area (TPSA) is 88.3 Å². The van der Waals surface area contributed by atoms with E-state index in [0.29, 0.717) is 23.7 Å². The number of fused-ring (bicyclic) bond motifs is 1. The number of carbonyl (C=O) groups is 2. The second-order valence-corrected chi connectivity index (χ2v) is 5.54. The van der Waals surface area contributed by atoms with Crippen LogP contribution in [0, 0.1) is 0 Å². The minimum atomic E-state index is -0.220. The molecule has 0 fully saturated rings. The van der Waals surface area contributed by atoms with E-state index >= 15 is 0 Å². The maximum Gasteiger partial charge on any atom is 0.266 e. The fourth-order valence-electron chi connectivity index (χ4n) is 2.03. The average Bonchev–Trinajstić information content (AvgIpc) is 2.82. The van der Waals surface area contributed by atoms with Gasteiger partial charge in [-0.3, -0.25) is 14.6 Å². The van der Waals surface area contributed by atoms with Crippen molar-refractivity contribution in [2.24, 2.45) is 0 Å². The number of aromatic nitrogens is 1. The van der Waals surface area contributed by atoms with Gasteiger partial charge in [-0.2, -0.15) is 0 Å². The van der Waals surface area contributed by atoms with E-state index in [4.69, 9.17) is 5.73 Å². The van der Waals surface area contributed by atoms with Crippen molar-refractivity contribution in [3.63, 3.8) is 0 Å². The van der Waals surface area contributed by atoms with Crippen LogP contribution in [0.3, 0.4) is 0 Å². The molecule has 2 aromatic rings. The van der Waals surface area contributed by atoms with Gasteiger partial charge in [0, 0.05) is 30.9 Å². The normalized spacial score (nSPS) is 10.6. The van der Waals surface area contributed by atoms with Gasteiger partial charge in [0.15, 0.2) is 0 Å². The first-order chi connectivity index (χ1) is 10.1. The Bertz CT molecular complexity index is 668. The third kappa shape index (κ3) is 3.13. The molecular formula is C14H18N4O2S. The lowest BCUT2D eigenvalue weighted by Gasteiger charge is -2.19. The number of hydrogen-bond donors (Lipinski definition) is 2. The van der Waals surface area contributed by atoms with E-state index in [2.05, 4.69) is 10.3 Å². The van der Waals surface area contributed by atoms with Crippen LogP contribution in [0.4, 0.5) is 5.69 Å². The second-order valence-electron chi connectivity index (χ2n) is 4.49. The van der Waals surface area contributed by atoms with Crippen LogP contribution >= 0.6 is 11.3 Å². The molecule has 0 aliphatic carbocycles. The summed E-state index contributed by atoms with van der Waals surface area (Å²) in [5, 5.41) is 3.51. The van der Waals surface area contributed by atoms with Crippen LogP contribution in [0.5, 0.6) is 0 Å². The van der Waals surface area contributed by atoms with Crippen LogP contribution in [0.15, 0.2) is 18.5 Å². The zero-order valence-electron chi connectivity index (χ0n) is 12.0. The third-order valence-corrected chi connectivity index (χ3v) is 4.25. The second kappa shape index (κ2) is 6.53. The highest BCUT2D eigenvalue weighted by atomic mass is 32.1. The van der Waals surface area contributed by atoms with Crippen LogP contribution < -0.4 is 11.1 Å². The molecule has 21 heavy (non-hydrogen) atoms. The molecule has 0 saturated heterocycles. The van der Waals surface area contributed by atoms with E-state index in [9.17, 15) is 9.59 Å². The van der Waals surface area contributed by atoms with Crippen molar-refractivity contribution in [1.29, 1.82) is 0 Å². The first kappa shape index (κ1) is 15.2.